The minimum Gasteiger partial charge on any atom is -0.441 e. The summed E-state index contributed by atoms with van der Waals surface area (Å²) in [5.74, 6) is 0.511. The van der Waals surface area contributed by atoms with E-state index in [-0.39, 0.29) is 11.4 Å². The number of furan rings is 1. The summed E-state index contributed by atoms with van der Waals surface area (Å²) in [5, 5.41) is 20.2. The third-order valence-electron chi connectivity index (χ3n) is 2.27. The summed E-state index contributed by atoms with van der Waals surface area (Å²) in [7, 11) is 0. The van der Waals surface area contributed by atoms with Crippen LogP contribution in [0.15, 0.2) is 46.4 Å². The molecule has 0 aliphatic heterocycles. The van der Waals surface area contributed by atoms with Gasteiger partial charge in [0.25, 0.3) is 0 Å². The van der Waals surface area contributed by atoms with Gasteiger partial charge < -0.3 is 9.73 Å². The molecule has 0 fully saturated rings. The van der Waals surface area contributed by atoms with Gasteiger partial charge in [-0.15, -0.1) is 0 Å². The van der Waals surface area contributed by atoms with Crippen LogP contribution in [0.1, 0.15) is 5.76 Å². The van der Waals surface area contributed by atoms with Crippen molar-refractivity contribution in [3.8, 4) is 12.1 Å². The summed E-state index contributed by atoms with van der Waals surface area (Å²) in [6.07, 6.45) is 1.34. The maximum absolute atomic E-state index is 12.7. The maximum Gasteiger partial charge on any atom is 0.197 e. The van der Waals surface area contributed by atoms with Gasteiger partial charge in [0.05, 0.1) is 0 Å². The molecule has 0 amide bonds. The Morgan fingerprint density at radius 3 is 2.42 bits per heavy atom. The van der Waals surface area contributed by atoms with E-state index in [9.17, 15) is 4.39 Å². The monoisotopic (exact) mass is 253 g/mol. The van der Waals surface area contributed by atoms with Crippen LogP contribution in [0, 0.1) is 28.5 Å². The fourth-order valence-electron chi connectivity index (χ4n) is 1.40. The van der Waals surface area contributed by atoms with Crippen molar-refractivity contribution in [1.82, 2.24) is 0 Å². The van der Waals surface area contributed by atoms with Crippen LogP contribution in [0.5, 0.6) is 0 Å². The number of anilines is 2. The molecule has 1 N–H and O–H groups in total. The van der Waals surface area contributed by atoms with Gasteiger partial charge in [-0.25, -0.2) is 4.39 Å². The van der Waals surface area contributed by atoms with Crippen LogP contribution < -0.4 is 5.32 Å². The van der Waals surface area contributed by atoms with Crippen molar-refractivity contribution < 1.29 is 8.81 Å². The number of nitriles is 2. The third kappa shape index (κ3) is 3.21. The number of hydrogen-bond donors (Lipinski definition) is 1. The quantitative estimate of drug-likeness (QED) is 0.848. The number of nitrogens with zero attached hydrogens (tertiary/aromatic N) is 2. The number of halogens is 1. The Morgan fingerprint density at radius 1 is 1.11 bits per heavy atom. The van der Waals surface area contributed by atoms with Crippen LogP contribution in [0.25, 0.3) is 6.08 Å². The van der Waals surface area contributed by atoms with Crippen LogP contribution in [0.4, 0.5) is 16.0 Å². The molecule has 92 valence electrons. The molecular formula is C14H8FN3O. The molecule has 1 aromatic carbocycles. The number of allylic oxidation sites excluding steroid dienone is 1. The van der Waals surface area contributed by atoms with Crippen molar-refractivity contribution in [2.24, 2.45) is 0 Å². The van der Waals surface area contributed by atoms with Crippen molar-refractivity contribution in [1.29, 1.82) is 10.5 Å². The van der Waals surface area contributed by atoms with Crippen molar-refractivity contribution in [3.05, 3.63) is 53.5 Å². The number of rotatable bonds is 3. The highest BCUT2D eigenvalue weighted by molar-refractivity contribution is 5.61. The van der Waals surface area contributed by atoms with Gasteiger partial charge in [-0.3, -0.25) is 0 Å². The highest BCUT2D eigenvalue weighted by atomic mass is 19.1. The lowest BCUT2D eigenvalue weighted by Crippen LogP contribution is -1.87. The van der Waals surface area contributed by atoms with E-state index in [1.165, 1.54) is 18.2 Å². The topological polar surface area (TPSA) is 72.8 Å². The molecule has 0 unspecified atom stereocenters. The van der Waals surface area contributed by atoms with Crippen molar-refractivity contribution in [2.45, 2.75) is 0 Å². The van der Waals surface area contributed by atoms with Crippen LogP contribution >= 0.6 is 0 Å². The zero-order valence-corrected chi connectivity index (χ0v) is 9.72. The predicted molar refractivity (Wildman–Crippen MR) is 67.6 cm³/mol. The van der Waals surface area contributed by atoms with E-state index in [1.54, 1.807) is 36.4 Å². The smallest absolute Gasteiger partial charge is 0.197 e. The summed E-state index contributed by atoms with van der Waals surface area (Å²) < 4.78 is 18.1. The normalized spacial score (nSPS) is 9.21. The fourth-order valence-corrected chi connectivity index (χ4v) is 1.40. The Morgan fingerprint density at radius 2 is 1.79 bits per heavy atom. The molecule has 0 aliphatic carbocycles. The Labute approximate surface area is 109 Å². The third-order valence-corrected chi connectivity index (χ3v) is 2.27. The number of nitrogens with one attached hydrogen (secondary N) is 1. The van der Waals surface area contributed by atoms with Crippen LogP contribution in [0.2, 0.25) is 0 Å². The Kier molecular flexibility index (Phi) is 3.61. The van der Waals surface area contributed by atoms with E-state index in [0.29, 0.717) is 17.3 Å². The fraction of sp³-hybridized carbons (Fsp3) is 0. The molecule has 0 saturated heterocycles. The molecule has 0 aliphatic rings. The predicted octanol–water partition coefficient (Wildman–Crippen LogP) is 3.59. The summed E-state index contributed by atoms with van der Waals surface area (Å²) in [5.41, 5.74) is 0.634. The van der Waals surface area contributed by atoms with Gasteiger partial charge >= 0.3 is 0 Å². The molecule has 0 bridgehead atoms. The van der Waals surface area contributed by atoms with Crippen molar-refractivity contribution >= 4 is 17.6 Å². The van der Waals surface area contributed by atoms with Gasteiger partial charge in [0.15, 0.2) is 5.88 Å². The average Bonchev–Trinajstić information content (AvgIpc) is 2.86. The minimum absolute atomic E-state index is 0.0392. The Bertz CT molecular complexity index is 671. The maximum atomic E-state index is 12.7. The summed E-state index contributed by atoms with van der Waals surface area (Å²) in [6, 6.07) is 12.6. The van der Waals surface area contributed by atoms with E-state index in [1.807, 2.05) is 0 Å². The average molecular weight is 253 g/mol. The van der Waals surface area contributed by atoms with E-state index in [0.717, 1.165) is 0 Å². The van der Waals surface area contributed by atoms with Gasteiger partial charge in [0.2, 0.25) is 0 Å². The Balaban J connectivity index is 2.14. The molecule has 0 radical (unpaired) electrons. The first kappa shape index (κ1) is 12.4. The van der Waals surface area contributed by atoms with Gasteiger partial charge in [-0.05, 0) is 30.3 Å². The first-order valence-corrected chi connectivity index (χ1v) is 5.35. The molecule has 4 nitrogen and oxygen atoms in total. The molecule has 0 spiro atoms. The minimum atomic E-state index is -0.318. The van der Waals surface area contributed by atoms with Gasteiger partial charge in [-0.1, -0.05) is 0 Å². The standard InChI is InChI=1S/C14H8FN3O/c15-11-1-3-12(4-2-11)18-14-6-5-13(19-14)7-10(8-16)9-17/h1-7,18H. The second kappa shape index (κ2) is 5.52. The lowest BCUT2D eigenvalue weighted by atomic mass is 10.3. The highest BCUT2D eigenvalue weighted by Crippen LogP contribution is 2.20. The lowest BCUT2D eigenvalue weighted by Gasteiger charge is -2.01. The largest absolute Gasteiger partial charge is 0.441 e. The van der Waals surface area contributed by atoms with E-state index >= 15 is 0 Å². The molecule has 19 heavy (non-hydrogen) atoms. The molecule has 0 atom stereocenters. The molecule has 1 heterocycles. The molecule has 0 saturated carbocycles. The number of benzene rings is 1. The van der Waals surface area contributed by atoms with Crippen LogP contribution in [0.3, 0.4) is 0 Å². The molecule has 5 heteroatoms. The van der Waals surface area contributed by atoms with Gasteiger partial charge in [-0.2, -0.15) is 10.5 Å². The van der Waals surface area contributed by atoms with Crippen LogP contribution in [-0.4, -0.2) is 0 Å². The molecule has 2 aromatic rings. The van der Waals surface area contributed by atoms with E-state index in [4.69, 9.17) is 14.9 Å². The first-order valence-electron chi connectivity index (χ1n) is 5.35. The summed E-state index contributed by atoms with van der Waals surface area (Å²) in [6.45, 7) is 0. The second-order valence-corrected chi connectivity index (χ2v) is 3.62. The van der Waals surface area contributed by atoms with Gasteiger partial charge in [0.1, 0.15) is 29.3 Å². The van der Waals surface area contributed by atoms with E-state index < -0.39 is 0 Å². The zero-order valence-electron chi connectivity index (χ0n) is 9.72. The molecule has 1 aromatic heterocycles. The molecular weight excluding hydrogens is 245 g/mol. The summed E-state index contributed by atoms with van der Waals surface area (Å²) in [4.78, 5) is 0. The van der Waals surface area contributed by atoms with Gasteiger partial charge in [0, 0.05) is 17.8 Å². The summed E-state index contributed by atoms with van der Waals surface area (Å²) >= 11 is 0. The Hall–Kier alpha value is -3.05. The zero-order chi connectivity index (χ0) is 13.7. The van der Waals surface area contributed by atoms with Crippen molar-refractivity contribution in [3.63, 3.8) is 0 Å². The van der Waals surface area contributed by atoms with E-state index in [2.05, 4.69) is 5.32 Å². The van der Waals surface area contributed by atoms with Crippen molar-refractivity contribution in [2.75, 3.05) is 5.32 Å². The lowest BCUT2D eigenvalue weighted by molar-refractivity contribution is 0.574. The highest BCUT2D eigenvalue weighted by Gasteiger charge is 2.02. The SMILES string of the molecule is N#CC(C#N)=Cc1ccc(Nc2ccc(F)cc2)o1. The first-order chi connectivity index (χ1) is 9.21. The second-order valence-electron chi connectivity index (χ2n) is 3.62. The molecule has 2 rings (SSSR count). The van der Waals surface area contributed by atoms with Crippen LogP contribution in [-0.2, 0) is 0 Å². The number of hydrogen-bond acceptors (Lipinski definition) is 4.